The van der Waals surface area contributed by atoms with Crippen LogP contribution in [-0.4, -0.2) is 45.6 Å². The number of sulfonamides is 1. The summed E-state index contributed by atoms with van der Waals surface area (Å²) in [6.07, 6.45) is 0.110. The van der Waals surface area contributed by atoms with Gasteiger partial charge in [0.1, 0.15) is 0 Å². The summed E-state index contributed by atoms with van der Waals surface area (Å²) >= 11 is 1.46. The second kappa shape index (κ2) is 8.09. The van der Waals surface area contributed by atoms with Crippen molar-refractivity contribution in [3.05, 3.63) is 16.3 Å². The number of ether oxygens (including phenoxy) is 1. The van der Waals surface area contributed by atoms with Crippen molar-refractivity contribution in [1.82, 2.24) is 9.62 Å². The highest BCUT2D eigenvalue weighted by Crippen LogP contribution is 2.21. The predicted molar refractivity (Wildman–Crippen MR) is 82.6 cm³/mol. The Morgan fingerprint density at radius 1 is 1.45 bits per heavy atom. The fourth-order valence-electron chi connectivity index (χ4n) is 1.55. The van der Waals surface area contributed by atoms with E-state index in [9.17, 15) is 8.42 Å². The predicted octanol–water partition coefficient (Wildman–Crippen LogP) is 1.90. The Hall–Kier alpha value is -0.470. The van der Waals surface area contributed by atoms with E-state index in [1.807, 2.05) is 20.8 Å². The van der Waals surface area contributed by atoms with Gasteiger partial charge in [-0.05, 0) is 26.5 Å². The molecule has 0 saturated heterocycles. The van der Waals surface area contributed by atoms with Gasteiger partial charge in [0, 0.05) is 30.4 Å². The minimum atomic E-state index is -3.41. The molecule has 0 atom stereocenters. The molecule has 0 unspecified atom stereocenters. The summed E-state index contributed by atoms with van der Waals surface area (Å²) in [6, 6.07) is 1.74. The summed E-state index contributed by atoms with van der Waals surface area (Å²) in [5.74, 6) is 0. The minimum absolute atomic E-state index is 0.110. The molecule has 0 amide bonds. The summed E-state index contributed by atoms with van der Waals surface area (Å²) in [6.45, 7) is 8.22. The molecular formula is C13H24N2O3S2. The van der Waals surface area contributed by atoms with Crippen LogP contribution in [0.15, 0.2) is 16.3 Å². The number of hydrogen-bond donors (Lipinski definition) is 1. The Morgan fingerprint density at radius 2 is 2.15 bits per heavy atom. The Balaban J connectivity index is 2.64. The van der Waals surface area contributed by atoms with Crippen molar-refractivity contribution in [1.29, 1.82) is 0 Å². The average molecular weight is 320 g/mol. The Labute approximate surface area is 126 Å². The third kappa shape index (κ3) is 5.14. The van der Waals surface area contributed by atoms with Crippen LogP contribution < -0.4 is 5.32 Å². The molecule has 0 aromatic carbocycles. The van der Waals surface area contributed by atoms with Crippen molar-refractivity contribution in [2.24, 2.45) is 0 Å². The number of hydrogen-bond acceptors (Lipinski definition) is 5. The number of nitrogens with one attached hydrogen (secondary N) is 1. The van der Waals surface area contributed by atoms with Crippen molar-refractivity contribution in [2.75, 3.05) is 26.7 Å². The molecule has 0 saturated carbocycles. The fraction of sp³-hybridized carbons (Fsp3) is 0.692. The Kier molecular flexibility index (Phi) is 7.11. The summed E-state index contributed by atoms with van der Waals surface area (Å²) in [7, 11) is -1.82. The van der Waals surface area contributed by atoms with Gasteiger partial charge < -0.3 is 10.1 Å². The molecule has 0 aliphatic carbocycles. The smallest absolute Gasteiger partial charge is 0.243 e. The Morgan fingerprint density at radius 3 is 2.75 bits per heavy atom. The van der Waals surface area contributed by atoms with E-state index in [0.717, 1.165) is 11.4 Å². The van der Waals surface area contributed by atoms with Crippen LogP contribution in [0.1, 0.15) is 25.6 Å². The molecule has 7 heteroatoms. The van der Waals surface area contributed by atoms with E-state index in [4.69, 9.17) is 4.74 Å². The maximum atomic E-state index is 12.4. The van der Waals surface area contributed by atoms with E-state index < -0.39 is 10.0 Å². The zero-order chi connectivity index (χ0) is 15.2. The third-order valence-corrected chi connectivity index (χ3v) is 5.67. The lowest BCUT2D eigenvalue weighted by Gasteiger charge is -2.17. The largest absolute Gasteiger partial charge is 0.377 e. The normalized spacial score (nSPS) is 12.5. The second-order valence-corrected chi connectivity index (χ2v) is 7.82. The lowest BCUT2D eigenvalue weighted by Crippen LogP contribution is -2.30. The summed E-state index contributed by atoms with van der Waals surface area (Å²) < 4.78 is 31.4. The van der Waals surface area contributed by atoms with Crippen LogP contribution in [0.2, 0.25) is 0 Å². The molecule has 0 bridgehead atoms. The molecule has 1 N–H and O–H groups in total. The van der Waals surface area contributed by atoms with E-state index >= 15 is 0 Å². The molecule has 1 aromatic rings. The van der Waals surface area contributed by atoms with Crippen molar-refractivity contribution >= 4 is 21.4 Å². The molecule has 0 radical (unpaired) electrons. The van der Waals surface area contributed by atoms with Gasteiger partial charge in [0.2, 0.25) is 10.0 Å². The first-order valence-electron chi connectivity index (χ1n) is 6.74. The molecule has 0 spiro atoms. The first-order chi connectivity index (χ1) is 9.37. The molecule has 5 nitrogen and oxygen atoms in total. The molecule has 0 fully saturated rings. The van der Waals surface area contributed by atoms with Gasteiger partial charge in [-0.15, -0.1) is 11.3 Å². The highest BCUT2D eigenvalue weighted by molar-refractivity contribution is 7.89. The van der Waals surface area contributed by atoms with Crippen LogP contribution in [0.4, 0.5) is 0 Å². The van der Waals surface area contributed by atoms with Crippen molar-refractivity contribution in [2.45, 2.75) is 38.3 Å². The van der Waals surface area contributed by atoms with Gasteiger partial charge in [-0.25, -0.2) is 8.42 Å². The van der Waals surface area contributed by atoms with Crippen LogP contribution in [0.3, 0.4) is 0 Å². The van der Waals surface area contributed by atoms with Gasteiger partial charge in [-0.1, -0.05) is 6.92 Å². The highest BCUT2D eigenvalue weighted by Gasteiger charge is 2.22. The molecule has 0 aliphatic heterocycles. The Bertz CT molecular complexity index is 497. The summed E-state index contributed by atoms with van der Waals surface area (Å²) in [5.41, 5.74) is 0. The van der Waals surface area contributed by atoms with Gasteiger partial charge in [0.05, 0.1) is 17.6 Å². The lowest BCUT2D eigenvalue weighted by atomic mass is 10.4. The molecule has 116 valence electrons. The van der Waals surface area contributed by atoms with Crippen LogP contribution in [-0.2, 0) is 21.3 Å². The fourth-order valence-corrected chi connectivity index (χ4v) is 3.94. The minimum Gasteiger partial charge on any atom is -0.377 e. The van der Waals surface area contributed by atoms with Gasteiger partial charge in [-0.2, -0.15) is 4.31 Å². The van der Waals surface area contributed by atoms with Gasteiger partial charge in [0.15, 0.2) is 0 Å². The van der Waals surface area contributed by atoms with E-state index in [2.05, 4.69) is 5.32 Å². The molecule has 1 rings (SSSR count). The maximum Gasteiger partial charge on any atom is 0.243 e. The van der Waals surface area contributed by atoms with Crippen LogP contribution in [0, 0.1) is 0 Å². The zero-order valence-electron chi connectivity index (χ0n) is 12.5. The zero-order valence-corrected chi connectivity index (χ0v) is 14.2. The van der Waals surface area contributed by atoms with E-state index in [1.54, 1.807) is 18.5 Å². The number of rotatable bonds is 9. The summed E-state index contributed by atoms with van der Waals surface area (Å²) in [5, 5.41) is 4.88. The van der Waals surface area contributed by atoms with Crippen molar-refractivity contribution in [3.63, 3.8) is 0 Å². The summed E-state index contributed by atoms with van der Waals surface area (Å²) in [4.78, 5) is 1.39. The molecule has 1 heterocycles. The SMILES string of the molecule is CCNCc1cc(S(=O)(=O)N(C)CCOC(C)C)cs1. The van der Waals surface area contributed by atoms with E-state index in [-0.39, 0.29) is 6.10 Å². The number of nitrogens with zero attached hydrogens (tertiary/aromatic N) is 1. The monoisotopic (exact) mass is 320 g/mol. The number of thiophene rings is 1. The van der Waals surface area contributed by atoms with Crippen LogP contribution in [0.5, 0.6) is 0 Å². The van der Waals surface area contributed by atoms with Crippen LogP contribution >= 0.6 is 11.3 Å². The molecule has 0 aliphatic rings. The van der Waals surface area contributed by atoms with Gasteiger partial charge >= 0.3 is 0 Å². The van der Waals surface area contributed by atoms with Crippen LogP contribution in [0.25, 0.3) is 0 Å². The van der Waals surface area contributed by atoms with Gasteiger partial charge in [0.25, 0.3) is 0 Å². The van der Waals surface area contributed by atoms with Gasteiger partial charge in [-0.3, -0.25) is 0 Å². The first-order valence-corrected chi connectivity index (χ1v) is 9.06. The third-order valence-electron chi connectivity index (χ3n) is 2.74. The van der Waals surface area contributed by atoms with Crippen molar-refractivity contribution < 1.29 is 13.2 Å². The van der Waals surface area contributed by atoms with Crippen molar-refractivity contribution in [3.8, 4) is 0 Å². The van der Waals surface area contributed by atoms with E-state index in [0.29, 0.717) is 24.6 Å². The number of likely N-dealkylation sites (N-methyl/N-ethyl adjacent to an activating group) is 1. The lowest BCUT2D eigenvalue weighted by molar-refractivity contribution is 0.0737. The average Bonchev–Trinajstić information content (AvgIpc) is 2.85. The standard InChI is InChI=1S/C13H24N2O3S2/c1-5-14-9-12-8-13(10-19-12)20(16,17)15(4)6-7-18-11(2)3/h8,10-11,14H,5-7,9H2,1-4H3. The maximum absolute atomic E-state index is 12.4. The van der Waals surface area contributed by atoms with E-state index in [1.165, 1.54) is 15.6 Å². The molecule has 20 heavy (non-hydrogen) atoms. The molecular weight excluding hydrogens is 296 g/mol. The second-order valence-electron chi connectivity index (χ2n) is 4.78. The topological polar surface area (TPSA) is 58.6 Å². The highest BCUT2D eigenvalue weighted by atomic mass is 32.2. The molecule has 1 aromatic heterocycles. The quantitative estimate of drug-likeness (QED) is 0.755. The first kappa shape index (κ1) is 17.6.